The van der Waals surface area contributed by atoms with Crippen molar-refractivity contribution >= 4 is 34.0 Å². The number of aromatic nitrogens is 2. The maximum Gasteiger partial charge on any atom is 0.253 e. The summed E-state index contributed by atoms with van der Waals surface area (Å²) in [4.78, 5) is 21.5. The lowest BCUT2D eigenvalue weighted by Crippen LogP contribution is -2.27. The van der Waals surface area contributed by atoms with Gasteiger partial charge in [0.1, 0.15) is 17.7 Å². The number of nitrogens with one attached hydrogen (secondary N) is 2. The number of hydrogen-bond acceptors (Lipinski definition) is 5. The van der Waals surface area contributed by atoms with Crippen LogP contribution in [0, 0.1) is 0 Å². The van der Waals surface area contributed by atoms with Crippen LogP contribution >= 0.6 is 11.3 Å². The van der Waals surface area contributed by atoms with E-state index in [0.717, 1.165) is 33.0 Å². The zero-order valence-corrected chi connectivity index (χ0v) is 17.0. The number of ether oxygens (including phenoxy) is 2. The van der Waals surface area contributed by atoms with Crippen LogP contribution in [0.3, 0.4) is 0 Å². The van der Waals surface area contributed by atoms with E-state index in [-0.39, 0.29) is 5.91 Å². The minimum absolute atomic E-state index is 0.203. The molecule has 4 rings (SSSR count). The van der Waals surface area contributed by atoms with E-state index >= 15 is 0 Å². The smallest absolute Gasteiger partial charge is 0.253 e. The predicted octanol–water partition coefficient (Wildman–Crippen LogP) is 4.84. The van der Waals surface area contributed by atoms with Crippen molar-refractivity contribution < 1.29 is 14.3 Å². The fourth-order valence-electron chi connectivity index (χ4n) is 2.92. The predicted molar refractivity (Wildman–Crippen MR) is 115 cm³/mol. The van der Waals surface area contributed by atoms with E-state index in [2.05, 4.69) is 15.3 Å². The van der Waals surface area contributed by atoms with Gasteiger partial charge in [-0.05, 0) is 54.3 Å². The summed E-state index contributed by atoms with van der Waals surface area (Å²) in [7, 11) is 1.62. The number of aromatic amines is 1. The molecule has 1 amide bonds. The van der Waals surface area contributed by atoms with E-state index in [9.17, 15) is 4.79 Å². The number of amides is 1. The van der Waals surface area contributed by atoms with E-state index in [0.29, 0.717) is 12.3 Å². The van der Waals surface area contributed by atoms with Crippen molar-refractivity contribution in [3.05, 3.63) is 65.5 Å². The number of thiophene rings is 1. The number of rotatable bonds is 7. The van der Waals surface area contributed by atoms with Crippen molar-refractivity contribution in [3.63, 3.8) is 0 Å². The maximum absolute atomic E-state index is 12.5. The lowest BCUT2D eigenvalue weighted by Gasteiger charge is -2.14. The number of H-pyrrole nitrogens is 1. The first kappa shape index (κ1) is 19.2. The second-order valence-electron chi connectivity index (χ2n) is 6.59. The molecule has 2 N–H and O–H groups in total. The minimum atomic E-state index is -0.597. The SMILES string of the molecule is COc1cccc(COC(C)C(=O)Nc2ccc3nc(-c4cccs4)[nH]c3c2)c1. The largest absolute Gasteiger partial charge is 0.497 e. The molecule has 0 spiro atoms. The molecule has 4 aromatic rings. The zero-order valence-electron chi connectivity index (χ0n) is 16.1. The number of imidazole rings is 1. The van der Waals surface area contributed by atoms with E-state index in [1.807, 2.05) is 60.0 Å². The molecule has 0 saturated carbocycles. The van der Waals surface area contributed by atoms with Gasteiger partial charge >= 0.3 is 0 Å². The summed E-state index contributed by atoms with van der Waals surface area (Å²) in [6, 6.07) is 17.2. The van der Waals surface area contributed by atoms with Gasteiger partial charge in [-0.1, -0.05) is 18.2 Å². The van der Waals surface area contributed by atoms with Crippen LogP contribution in [0.15, 0.2) is 60.0 Å². The van der Waals surface area contributed by atoms with Gasteiger partial charge in [-0.3, -0.25) is 4.79 Å². The van der Waals surface area contributed by atoms with Gasteiger partial charge in [0.25, 0.3) is 5.91 Å². The molecule has 1 unspecified atom stereocenters. The Hall–Kier alpha value is -3.16. The Morgan fingerprint density at radius 3 is 2.90 bits per heavy atom. The molecular formula is C22H21N3O3S. The average Bonchev–Trinajstić information content (AvgIpc) is 3.41. The maximum atomic E-state index is 12.5. The summed E-state index contributed by atoms with van der Waals surface area (Å²) in [6.07, 6.45) is -0.597. The Morgan fingerprint density at radius 2 is 2.10 bits per heavy atom. The number of benzene rings is 2. The van der Waals surface area contributed by atoms with E-state index in [4.69, 9.17) is 9.47 Å². The third-order valence-electron chi connectivity index (χ3n) is 4.51. The van der Waals surface area contributed by atoms with Gasteiger partial charge in [-0.2, -0.15) is 0 Å². The third kappa shape index (κ3) is 4.47. The summed E-state index contributed by atoms with van der Waals surface area (Å²) in [6.45, 7) is 2.06. The van der Waals surface area contributed by atoms with Crippen molar-refractivity contribution in [1.82, 2.24) is 9.97 Å². The summed E-state index contributed by atoms with van der Waals surface area (Å²) in [5, 5.41) is 4.92. The molecular weight excluding hydrogens is 386 g/mol. The van der Waals surface area contributed by atoms with Crippen LogP contribution < -0.4 is 10.1 Å². The fourth-order valence-corrected chi connectivity index (χ4v) is 3.59. The molecule has 0 bridgehead atoms. The van der Waals surface area contributed by atoms with Crippen LogP contribution in [0.1, 0.15) is 12.5 Å². The fraction of sp³-hybridized carbons (Fsp3) is 0.182. The number of carbonyl (C=O) groups is 1. The number of anilines is 1. The minimum Gasteiger partial charge on any atom is -0.497 e. The number of carbonyl (C=O) groups excluding carboxylic acids is 1. The Morgan fingerprint density at radius 1 is 1.21 bits per heavy atom. The van der Waals surface area contributed by atoms with Crippen molar-refractivity contribution in [2.45, 2.75) is 19.6 Å². The van der Waals surface area contributed by atoms with Crippen molar-refractivity contribution in [3.8, 4) is 16.5 Å². The molecule has 148 valence electrons. The molecule has 0 fully saturated rings. The van der Waals surface area contributed by atoms with E-state index in [1.165, 1.54) is 0 Å². The lowest BCUT2D eigenvalue weighted by molar-refractivity contribution is -0.127. The highest BCUT2D eigenvalue weighted by Crippen LogP contribution is 2.26. The first-order valence-electron chi connectivity index (χ1n) is 9.21. The quantitative estimate of drug-likeness (QED) is 0.459. The number of nitrogens with zero attached hydrogens (tertiary/aromatic N) is 1. The Bertz CT molecular complexity index is 1120. The second-order valence-corrected chi connectivity index (χ2v) is 7.54. The van der Waals surface area contributed by atoms with Crippen LogP contribution in [0.2, 0.25) is 0 Å². The molecule has 0 aliphatic carbocycles. The van der Waals surface area contributed by atoms with Gasteiger partial charge in [0.05, 0.1) is 29.6 Å². The molecule has 2 aromatic heterocycles. The van der Waals surface area contributed by atoms with Gasteiger partial charge in [0.15, 0.2) is 0 Å². The van der Waals surface area contributed by atoms with Gasteiger partial charge in [-0.25, -0.2) is 4.98 Å². The van der Waals surface area contributed by atoms with Gasteiger partial charge < -0.3 is 19.8 Å². The summed E-state index contributed by atoms with van der Waals surface area (Å²) in [5.41, 5.74) is 3.37. The molecule has 6 nitrogen and oxygen atoms in total. The van der Waals surface area contributed by atoms with Crippen molar-refractivity contribution in [2.24, 2.45) is 0 Å². The highest BCUT2D eigenvalue weighted by Gasteiger charge is 2.15. The van der Waals surface area contributed by atoms with Gasteiger partial charge in [-0.15, -0.1) is 11.3 Å². The molecule has 0 radical (unpaired) electrons. The first-order chi connectivity index (χ1) is 14.1. The van der Waals surface area contributed by atoms with Gasteiger partial charge in [0.2, 0.25) is 0 Å². The Labute approximate surface area is 172 Å². The standard InChI is InChI=1S/C22H21N3O3S/c1-14(28-13-15-5-3-6-17(11-15)27-2)22(26)23-16-8-9-18-19(12-16)25-21(24-18)20-7-4-10-29-20/h3-12,14H,13H2,1-2H3,(H,23,26)(H,24,25). The first-order valence-corrected chi connectivity index (χ1v) is 10.1. The highest BCUT2D eigenvalue weighted by atomic mass is 32.1. The summed E-state index contributed by atoms with van der Waals surface area (Å²) < 4.78 is 10.9. The number of fused-ring (bicyclic) bond motifs is 1. The van der Waals surface area contributed by atoms with Crippen molar-refractivity contribution in [2.75, 3.05) is 12.4 Å². The second kappa shape index (κ2) is 8.46. The average molecular weight is 407 g/mol. The lowest BCUT2D eigenvalue weighted by atomic mass is 10.2. The topological polar surface area (TPSA) is 76.2 Å². The zero-order chi connectivity index (χ0) is 20.2. The summed E-state index contributed by atoms with van der Waals surface area (Å²) >= 11 is 1.63. The van der Waals surface area contributed by atoms with Crippen LogP contribution in [0.25, 0.3) is 21.7 Å². The number of hydrogen-bond donors (Lipinski definition) is 2. The van der Waals surface area contributed by atoms with Gasteiger partial charge in [0, 0.05) is 5.69 Å². The van der Waals surface area contributed by atoms with E-state index in [1.54, 1.807) is 25.4 Å². The number of methoxy groups -OCH3 is 1. The molecule has 0 saturated heterocycles. The summed E-state index contributed by atoms with van der Waals surface area (Å²) in [5.74, 6) is 1.39. The van der Waals surface area contributed by atoms with Crippen LogP contribution in [0.5, 0.6) is 5.75 Å². The van der Waals surface area contributed by atoms with Crippen LogP contribution in [-0.4, -0.2) is 29.1 Å². The molecule has 0 aliphatic rings. The van der Waals surface area contributed by atoms with Crippen LogP contribution in [0.4, 0.5) is 5.69 Å². The van der Waals surface area contributed by atoms with Crippen LogP contribution in [-0.2, 0) is 16.1 Å². The molecule has 0 aliphatic heterocycles. The Kier molecular flexibility index (Phi) is 5.59. The third-order valence-corrected chi connectivity index (χ3v) is 5.38. The highest BCUT2D eigenvalue weighted by molar-refractivity contribution is 7.13. The molecule has 7 heteroatoms. The molecule has 29 heavy (non-hydrogen) atoms. The molecule has 2 heterocycles. The molecule has 2 aromatic carbocycles. The van der Waals surface area contributed by atoms with Crippen molar-refractivity contribution in [1.29, 1.82) is 0 Å². The monoisotopic (exact) mass is 407 g/mol. The normalized spacial score (nSPS) is 12.1. The van der Waals surface area contributed by atoms with E-state index < -0.39 is 6.10 Å². The Balaban J connectivity index is 1.39. The molecule has 1 atom stereocenters.